The van der Waals surface area contributed by atoms with E-state index in [0.29, 0.717) is 11.3 Å². The number of phenolic OH excluding ortho intramolecular Hbond substituents is 1. The van der Waals surface area contributed by atoms with Gasteiger partial charge in [-0.15, -0.1) is 0 Å². The molecule has 0 aliphatic rings. The quantitative estimate of drug-likeness (QED) is 0.806. The molecule has 0 aromatic heterocycles. The highest BCUT2D eigenvalue weighted by molar-refractivity contribution is 6.06. The molecule has 1 atom stereocenters. The third-order valence-electron chi connectivity index (χ3n) is 2.88. The summed E-state index contributed by atoms with van der Waals surface area (Å²) >= 11 is 0. The van der Waals surface area contributed by atoms with Crippen LogP contribution in [0.5, 0.6) is 5.75 Å². The molecule has 0 saturated carbocycles. The van der Waals surface area contributed by atoms with Crippen molar-refractivity contribution in [3.63, 3.8) is 0 Å². The Balaban J connectivity index is 2.33. The first-order valence-electron chi connectivity index (χ1n) is 6.06. The smallest absolute Gasteiger partial charge is 0.262 e. The zero-order chi connectivity index (χ0) is 14.7. The number of nitrogens with one attached hydrogen (secondary N) is 1. The molecule has 0 aliphatic carbocycles. The van der Waals surface area contributed by atoms with E-state index < -0.39 is 29.1 Å². The summed E-state index contributed by atoms with van der Waals surface area (Å²) in [5.41, 5.74) is 0.458. The van der Waals surface area contributed by atoms with E-state index in [4.69, 9.17) is 0 Å². The molecule has 3 N–H and O–H groups in total. The van der Waals surface area contributed by atoms with Crippen LogP contribution in [-0.4, -0.2) is 16.1 Å². The Morgan fingerprint density at radius 2 is 1.90 bits per heavy atom. The molecule has 0 fully saturated rings. The number of aromatic hydroxyl groups is 1. The van der Waals surface area contributed by atoms with Gasteiger partial charge in [-0.3, -0.25) is 4.79 Å². The lowest BCUT2D eigenvalue weighted by atomic mass is 10.1. The Morgan fingerprint density at radius 3 is 2.55 bits per heavy atom. The van der Waals surface area contributed by atoms with Gasteiger partial charge in [0.05, 0.1) is 6.10 Å². The van der Waals surface area contributed by atoms with Crippen molar-refractivity contribution >= 4 is 11.6 Å². The van der Waals surface area contributed by atoms with E-state index in [-0.39, 0.29) is 0 Å². The summed E-state index contributed by atoms with van der Waals surface area (Å²) in [6, 6.07) is 10.3. The Bertz CT molecular complexity index is 621. The lowest BCUT2D eigenvalue weighted by Gasteiger charge is -2.13. The van der Waals surface area contributed by atoms with Crippen LogP contribution >= 0.6 is 0 Å². The molecule has 2 aromatic carbocycles. The minimum Gasteiger partial charge on any atom is -0.507 e. The number of aliphatic hydroxyl groups excluding tert-OH is 1. The van der Waals surface area contributed by atoms with Gasteiger partial charge in [-0.1, -0.05) is 24.3 Å². The van der Waals surface area contributed by atoms with Gasteiger partial charge in [0.1, 0.15) is 17.1 Å². The number of rotatable bonds is 3. The Kier molecular flexibility index (Phi) is 4.00. The number of para-hydroxylation sites is 1. The lowest BCUT2D eigenvalue weighted by molar-refractivity contribution is 0.102. The number of aliphatic hydroxyl groups is 1. The van der Waals surface area contributed by atoms with Gasteiger partial charge in [-0.25, -0.2) is 4.39 Å². The number of carbonyl (C=O) groups excluding carboxylic acids is 1. The molecule has 0 heterocycles. The van der Waals surface area contributed by atoms with Gasteiger partial charge in [0.15, 0.2) is 0 Å². The molecule has 1 amide bonds. The van der Waals surface area contributed by atoms with Gasteiger partial charge in [0.2, 0.25) is 0 Å². The van der Waals surface area contributed by atoms with Crippen LogP contribution < -0.4 is 5.32 Å². The minimum absolute atomic E-state index is 0.371. The molecule has 104 valence electrons. The summed E-state index contributed by atoms with van der Waals surface area (Å²) in [6.45, 7) is 1.56. The Hall–Kier alpha value is -2.40. The normalized spacial score (nSPS) is 11.9. The standard InChI is InChI=1S/C15H14FNO3/c1-9(18)10-5-2-3-7-12(10)17-15(20)14-11(16)6-4-8-13(14)19/h2-9,18-19H,1H3,(H,17,20). The highest BCUT2D eigenvalue weighted by atomic mass is 19.1. The van der Waals surface area contributed by atoms with Crippen molar-refractivity contribution in [3.8, 4) is 5.75 Å². The van der Waals surface area contributed by atoms with Crippen LogP contribution in [0.25, 0.3) is 0 Å². The third-order valence-corrected chi connectivity index (χ3v) is 2.88. The molecule has 2 aromatic rings. The maximum atomic E-state index is 13.6. The fraction of sp³-hybridized carbons (Fsp3) is 0.133. The Morgan fingerprint density at radius 1 is 1.20 bits per heavy atom. The van der Waals surface area contributed by atoms with E-state index in [9.17, 15) is 19.4 Å². The predicted octanol–water partition coefficient (Wildman–Crippen LogP) is 2.84. The second-order valence-electron chi connectivity index (χ2n) is 4.35. The van der Waals surface area contributed by atoms with Gasteiger partial charge in [-0.05, 0) is 25.1 Å². The number of anilines is 1. The lowest BCUT2D eigenvalue weighted by Crippen LogP contribution is -2.15. The van der Waals surface area contributed by atoms with Gasteiger partial charge >= 0.3 is 0 Å². The van der Waals surface area contributed by atoms with Crippen molar-refractivity contribution in [1.29, 1.82) is 0 Å². The van der Waals surface area contributed by atoms with Crippen molar-refractivity contribution in [3.05, 3.63) is 59.4 Å². The molecule has 0 radical (unpaired) electrons. The topological polar surface area (TPSA) is 69.6 Å². The van der Waals surface area contributed by atoms with E-state index in [2.05, 4.69) is 5.32 Å². The van der Waals surface area contributed by atoms with E-state index >= 15 is 0 Å². The maximum absolute atomic E-state index is 13.6. The second-order valence-corrected chi connectivity index (χ2v) is 4.35. The van der Waals surface area contributed by atoms with Crippen LogP contribution in [-0.2, 0) is 0 Å². The van der Waals surface area contributed by atoms with E-state index in [1.807, 2.05) is 0 Å². The molecular weight excluding hydrogens is 261 g/mol. The highest BCUT2D eigenvalue weighted by Crippen LogP contribution is 2.25. The first-order chi connectivity index (χ1) is 9.50. The second kappa shape index (κ2) is 5.71. The number of phenols is 1. The van der Waals surface area contributed by atoms with Crippen LogP contribution in [0.1, 0.15) is 28.9 Å². The molecule has 0 bridgehead atoms. The average Bonchev–Trinajstić information content (AvgIpc) is 2.38. The minimum atomic E-state index is -0.808. The molecule has 1 unspecified atom stereocenters. The highest BCUT2D eigenvalue weighted by Gasteiger charge is 2.18. The average molecular weight is 275 g/mol. The number of hydrogen-bond donors (Lipinski definition) is 3. The monoisotopic (exact) mass is 275 g/mol. The summed E-state index contributed by atoms with van der Waals surface area (Å²) in [6.07, 6.45) is -0.777. The molecule has 2 rings (SSSR count). The molecule has 5 heteroatoms. The molecular formula is C15H14FNO3. The zero-order valence-electron chi connectivity index (χ0n) is 10.8. The first kappa shape index (κ1) is 14.0. The summed E-state index contributed by atoms with van der Waals surface area (Å²) in [4.78, 5) is 12.0. The van der Waals surface area contributed by atoms with Gasteiger partial charge in [0, 0.05) is 11.3 Å². The number of amides is 1. The van der Waals surface area contributed by atoms with Crippen LogP contribution in [0.3, 0.4) is 0 Å². The molecule has 20 heavy (non-hydrogen) atoms. The number of carbonyl (C=O) groups is 1. The van der Waals surface area contributed by atoms with Crippen molar-refractivity contribution in [2.45, 2.75) is 13.0 Å². The van der Waals surface area contributed by atoms with E-state index in [1.54, 1.807) is 31.2 Å². The number of benzene rings is 2. The van der Waals surface area contributed by atoms with E-state index in [1.165, 1.54) is 12.1 Å². The maximum Gasteiger partial charge on any atom is 0.262 e. The molecule has 0 saturated heterocycles. The number of hydrogen-bond acceptors (Lipinski definition) is 3. The van der Waals surface area contributed by atoms with Crippen molar-refractivity contribution in [2.75, 3.05) is 5.32 Å². The molecule has 0 aliphatic heterocycles. The van der Waals surface area contributed by atoms with Crippen molar-refractivity contribution < 1.29 is 19.4 Å². The van der Waals surface area contributed by atoms with E-state index in [0.717, 1.165) is 6.07 Å². The summed E-state index contributed by atoms with van der Waals surface area (Å²) in [5.74, 6) is -2.01. The molecule has 4 nitrogen and oxygen atoms in total. The SMILES string of the molecule is CC(O)c1ccccc1NC(=O)c1c(O)cccc1F. The summed E-state index contributed by atoms with van der Waals surface area (Å²) in [5, 5.41) is 21.7. The summed E-state index contributed by atoms with van der Waals surface area (Å²) in [7, 11) is 0. The number of halogens is 1. The van der Waals surface area contributed by atoms with Gasteiger partial charge in [-0.2, -0.15) is 0 Å². The third kappa shape index (κ3) is 2.78. The fourth-order valence-electron chi connectivity index (χ4n) is 1.90. The van der Waals surface area contributed by atoms with Gasteiger partial charge in [0.25, 0.3) is 5.91 Å². The van der Waals surface area contributed by atoms with Crippen molar-refractivity contribution in [2.24, 2.45) is 0 Å². The Labute approximate surface area is 115 Å². The van der Waals surface area contributed by atoms with Crippen LogP contribution in [0.2, 0.25) is 0 Å². The van der Waals surface area contributed by atoms with Crippen LogP contribution in [0.4, 0.5) is 10.1 Å². The van der Waals surface area contributed by atoms with Crippen molar-refractivity contribution in [1.82, 2.24) is 0 Å². The fourth-order valence-corrected chi connectivity index (χ4v) is 1.90. The molecule has 0 spiro atoms. The zero-order valence-corrected chi connectivity index (χ0v) is 10.8. The van der Waals surface area contributed by atoms with Gasteiger partial charge < -0.3 is 15.5 Å². The largest absolute Gasteiger partial charge is 0.507 e. The van der Waals surface area contributed by atoms with Crippen LogP contribution in [0.15, 0.2) is 42.5 Å². The van der Waals surface area contributed by atoms with Crippen LogP contribution in [0, 0.1) is 5.82 Å². The predicted molar refractivity (Wildman–Crippen MR) is 73.1 cm³/mol. The first-order valence-corrected chi connectivity index (χ1v) is 6.06. The summed E-state index contributed by atoms with van der Waals surface area (Å²) < 4.78 is 13.6.